The zero-order chi connectivity index (χ0) is 28.3. The van der Waals surface area contributed by atoms with Gasteiger partial charge in [-0.15, -0.1) is 0 Å². The Kier molecular flexibility index (Phi) is 8.45. The number of carbonyl (C=O) groups is 1. The molecule has 2 aliphatic heterocycles. The average molecular weight is 562 g/mol. The minimum atomic E-state index is -0.970. The molecule has 1 saturated heterocycles. The zero-order valence-corrected chi connectivity index (χ0v) is 24.0. The highest BCUT2D eigenvalue weighted by molar-refractivity contribution is 6.30. The summed E-state index contributed by atoms with van der Waals surface area (Å²) < 4.78 is 11.2. The molecule has 1 unspecified atom stereocenters. The van der Waals surface area contributed by atoms with Gasteiger partial charge in [0.05, 0.1) is 30.9 Å². The van der Waals surface area contributed by atoms with Crippen LogP contribution in [0, 0.1) is 0 Å². The predicted molar refractivity (Wildman–Crippen MR) is 158 cm³/mol. The van der Waals surface area contributed by atoms with Crippen LogP contribution in [0.3, 0.4) is 0 Å². The van der Waals surface area contributed by atoms with E-state index in [0.29, 0.717) is 18.1 Å². The molecule has 0 radical (unpaired) electrons. The van der Waals surface area contributed by atoms with Gasteiger partial charge in [-0.05, 0) is 73.9 Å². The van der Waals surface area contributed by atoms with Crippen LogP contribution in [-0.4, -0.2) is 60.3 Å². The van der Waals surface area contributed by atoms with Gasteiger partial charge in [0.15, 0.2) is 0 Å². The minimum Gasteiger partial charge on any atom is -0.487 e. The molecule has 210 valence electrons. The molecule has 0 spiro atoms. The number of fused-ring (bicyclic) bond motifs is 2. The summed E-state index contributed by atoms with van der Waals surface area (Å²) in [7, 11) is 1.44. The fourth-order valence-electron chi connectivity index (χ4n) is 5.49. The van der Waals surface area contributed by atoms with Crippen LogP contribution in [-0.2, 0) is 21.7 Å². The maximum atomic E-state index is 12.3. The number of hydrogen-bond acceptors (Lipinski definition) is 7. The molecule has 5 rings (SSSR count). The van der Waals surface area contributed by atoms with E-state index in [4.69, 9.17) is 21.1 Å². The van der Waals surface area contributed by atoms with Crippen LogP contribution in [0.2, 0.25) is 5.02 Å². The Labute approximate surface area is 241 Å². The van der Waals surface area contributed by atoms with Crippen LogP contribution >= 0.6 is 11.6 Å². The number of aromatic nitrogens is 1. The second kappa shape index (κ2) is 12.0. The van der Waals surface area contributed by atoms with E-state index in [0.717, 1.165) is 72.0 Å². The second-order valence-electron chi connectivity index (χ2n) is 10.9. The van der Waals surface area contributed by atoms with Crippen LogP contribution in [0.1, 0.15) is 49.1 Å². The summed E-state index contributed by atoms with van der Waals surface area (Å²) in [5.74, 6) is 0.571. The quantitative estimate of drug-likeness (QED) is 0.385. The molecular weight excluding hydrogens is 526 g/mol. The summed E-state index contributed by atoms with van der Waals surface area (Å²) in [6.45, 7) is 7.25. The monoisotopic (exact) mass is 561 g/mol. The Hall–Kier alpha value is -3.39. The SMILES string of the molecule is COC(=O)CC1CN(CC/C=C2/c3cc(C(C)(C)O)ccc3OCc3ncccc32)CCN1c1ccc(Cl)cc1. The van der Waals surface area contributed by atoms with Gasteiger partial charge in [0, 0.05) is 54.2 Å². The molecule has 2 aromatic carbocycles. The van der Waals surface area contributed by atoms with E-state index in [2.05, 4.69) is 26.9 Å². The van der Waals surface area contributed by atoms with Crippen molar-refractivity contribution in [3.63, 3.8) is 0 Å². The molecule has 0 bridgehead atoms. The Morgan fingerprint density at radius 3 is 2.73 bits per heavy atom. The summed E-state index contributed by atoms with van der Waals surface area (Å²) in [5, 5.41) is 11.4. The van der Waals surface area contributed by atoms with Crippen molar-refractivity contribution in [3.8, 4) is 5.75 Å². The number of benzene rings is 2. The molecule has 40 heavy (non-hydrogen) atoms. The third-order valence-corrected chi connectivity index (χ3v) is 7.92. The number of ether oxygens (including phenoxy) is 2. The topological polar surface area (TPSA) is 75.1 Å². The first-order valence-corrected chi connectivity index (χ1v) is 14.1. The normalized spacial score (nSPS) is 18.5. The van der Waals surface area contributed by atoms with Gasteiger partial charge in [0.1, 0.15) is 12.4 Å². The van der Waals surface area contributed by atoms with Crippen LogP contribution in [0.4, 0.5) is 5.69 Å². The molecule has 2 aliphatic rings. The van der Waals surface area contributed by atoms with E-state index in [1.165, 1.54) is 7.11 Å². The smallest absolute Gasteiger partial charge is 0.307 e. The molecule has 0 saturated carbocycles. The first kappa shape index (κ1) is 28.1. The summed E-state index contributed by atoms with van der Waals surface area (Å²) in [4.78, 5) is 21.5. The fraction of sp³-hybridized carbons (Fsp3) is 0.375. The largest absolute Gasteiger partial charge is 0.487 e. The van der Waals surface area contributed by atoms with Gasteiger partial charge in [-0.25, -0.2) is 0 Å². The number of rotatable bonds is 7. The third kappa shape index (κ3) is 6.33. The van der Waals surface area contributed by atoms with E-state index >= 15 is 0 Å². The van der Waals surface area contributed by atoms with E-state index in [1.807, 2.05) is 48.5 Å². The molecule has 3 heterocycles. The van der Waals surface area contributed by atoms with Crippen molar-refractivity contribution >= 4 is 28.8 Å². The first-order chi connectivity index (χ1) is 19.2. The first-order valence-electron chi connectivity index (χ1n) is 13.7. The van der Waals surface area contributed by atoms with E-state index < -0.39 is 5.60 Å². The van der Waals surface area contributed by atoms with Crippen molar-refractivity contribution in [1.82, 2.24) is 9.88 Å². The van der Waals surface area contributed by atoms with Gasteiger partial charge in [-0.2, -0.15) is 0 Å². The molecule has 8 heteroatoms. The summed E-state index contributed by atoms with van der Waals surface area (Å²) in [5.41, 5.74) is 4.88. The number of methoxy groups -OCH3 is 1. The van der Waals surface area contributed by atoms with Gasteiger partial charge in [-0.1, -0.05) is 29.8 Å². The summed E-state index contributed by atoms with van der Waals surface area (Å²) >= 11 is 6.11. The number of carbonyl (C=O) groups excluding carboxylic acids is 1. The van der Waals surface area contributed by atoms with Crippen molar-refractivity contribution in [2.24, 2.45) is 0 Å². The number of aliphatic hydroxyl groups is 1. The lowest BCUT2D eigenvalue weighted by Crippen LogP contribution is -2.54. The van der Waals surface area contributed by atoms with Crippen LogP contribution in [0.15, 0.2) is 66.9 Å². The Balaban J connectivity index is 1.38. The number of anilines is 1. The molecule has 1 aromatic heterocycles. The highest BCUT2D eigenvalue weighted by Gasteiger charge is 2.29. The zero-order valence-electron chi connectivity index (χ0n) is 23.3. The average Bonchev–Trinajstić information content (AvgIpc) is 3.10. The summed E-state index contributed by atoms with van der Waals surface area (Å²) in [6, 6.07) is 17.7. The van der Waals surface area contributed by atoms with Crippen LogP contribution in [0.5, 0.6) is 5.75 Å². The minimum absolute atomic E-state index is 0.00121. The third-order valence-electron chi connectivity index (χ3n) is 7.67. The summed E-state index contributed by atoms with van der Waals surface area (Å²) in [6.07, 6.45) is 5.17. The molecule has 0 amide bonds. The van der Waals surface area contributed by atoms with Crippen molar-refractivity contribution < 1.29 is 19.4 Å². The number of nitrogens with zero attached hydrogens (tertiary/aromatic N) is 3. The highest BCUT2D eigenvalue weighted by Crippen LogP contribution is 2.38. The number of hydrogen-bond donors (Lipinski definition) is 1. The van der Waals surface area contributed by atoms with Gasteiger partial charge >= 0.3 is 5.97 Å². The van der Waals surface area contributed by atoms with Gasteiger partial charge in [0.2, 0.25) is 0 Å². The highest BCUT2D eigenvalue weighted by atomic mass is 35.5. The number of pyridine rings is 1. The maximum Gasteiger partial charge on any atom is 0.307 e. The molecule has 1 fully saturated rings. The fourth-order valence-corrected chi connectivity index (χ4v) is 5.62. The molecule has 1 N–H and O–H groups in total. The van der Waals surface area contributed by atoms with Gasteiger partial charge in [0.25, 0.3) is 0 Å². The number of esters is 1. The number of piperazine rings is 1. The van der Waals surface area contributed by atoms with Gasteiger partial charge in [-0.3, -0.25) is 14.7 Å². The van der Waals surface area contributed by atoms with Crippen molar-refractivity contribution in [1.29, 1.82) is 0 Å². The molecule has 0 aliphatic carbocycles. The van der Waals surface area contributed by atoms with Gasteiger partial charge < -0.3 is 19.5 Å². The van der Waals surface area contributed by atoms with E-state index in [-0.39, 0.29) is 12.0 Å². The van der Waals surface area contributed by atoms with E-state index in [9.17, 15) is 9.90 Å². The number of halogens is 1. The Bertz CT molecular complexity index is 1380. The van der Waals surface area contributed by atoms with Crippen LogP contribution in [0.25, 0.3) is 5.57 Å². The van der Waals surface area contributed by atoms with Crippen LogP contribution < -0.4 is 9.64 Å². The van der Waals surface area contributed by atoms with E-state index in [1.54, 1.807) is 20.0 Å². The lowest BCUT2D eigenvalue weighted by Gasteiger charge is -2.42. The molecule has 7 nitrogen and oxygen atoms in total. The molecule has 1 atom stereocenters. The Morgan fingerprint density at radius 2 is 1.98 bits per heavy atom. The lowest BCUT2D eigenvalue weighted by atomic mass is 9.90. The standard InChI is InChI=1S/C32H36ClN3O4/c1-32(2,38)22-8-13-30-28(18-22)26(27-6-4-14-34-29(27)21-40-30)7-5-15-35-16-17-36(24-11-9-23(33)10-12-24)25(20-35)19-31(37)39-3/h4,6-14,18,25,38H,5,15-17,19-21H2,1-3H3/b26-7+. The molecule has 3 aromatic rings. The predicted octanol–water partition coefficient (Wildman–Crippen LogP) is 5.43. The second-order valence-corrected chi connectivity index (χ2v) is 11.3. The maximum absolute atomic E-state index is 12.3. The van der Waals surface area contributed by atoms with Crippen molar-refractivity contribution in [3.05, 3.63) is 94.3 Å². The van der Waals surface area contributed by atoms with Crippen molar-refractivity contribution in [2.45, 2.75) is 44.9 Å². The molecular formula is C32H36ClN3O4. The lowest BCUT2D eigenvalue weighted by molar-refractivity contribution is -0.141. The Morgan fingerprint density at radius 1 is 1.18 bits per heavy atom. The van der Waals surface area contributed by atoms with Crippen molar-refractivity contribution in [2.75, 3.05) is 38.2 Å².